The summed E-state index contributed by atoms with van der Waals surface area (Å²) in [6.45, 7) is 8.44. The quantitative estimate of drug-likeness (QED) is 0.289. The minimum atomic E-state index is -0.738. The molecule has 3 heterocycles. The van der Waals surface area contributed by atoms with Crippen LogP contribution < -0.4 is 19.8 Å². The van der Waals surface area contributed by atoms with E-state index in [0.717, 1.165) is 29.7 Å². The van der Waals surface area contributed by atoms with E-state index in [1.54, 1.807) is 13.2 Å². The number of aromatic nitrogens is 1. The molecule has 0 radical (unpaired) electrons. The van der Waals surface area contributed by atoms with Crippen molar-refractivity contribution < 1.29 is 18.7 Å². The Bertz CT molecular complexity index is 1570. The zero-order chi connectivity index (χ0) is 26.3. The molecule has 1 unspecified atom stereocenters. The van der Waals surface area contributed by atoms with Gasteiger partial charge in [-0.2, -0.15) is 0 Å². The summed E-state index contributed by atoms with van der Waals surface area (Å²) in [4.78, 5) is 33.9. The molecule has 5 rings (SSSR count). The first-order valence-electron chi connectivity index (χ1n) is 12.5. The van der Waals surface area contributed by atoms with E-state index in [-0.39, 0.29) is 11.2 Å². The number of carbonyl (C=O) groups excluding carboxylic acids is 1. The average molecular weight is 499 g/mol. The first-order chi connectivity index (χ1) is 17.8. The van der Waals surface area contributed by atoms with Crippen molar-refractivity contribution in [2.45, 2.75) is 46.6 Å². The minimum absolute atomic E-state index is 0.0382. The van der Waals surface area contributed by atoms with Gasteiger partial charge in [0.1, 0.15) is 11.4 Å². The van der Waals surface area contributed by atoms with Crippen molar-refractivity contribution in [1.29, 1.82) is 0 Å². The normalized spacial score (nSPS) is 14.8. The number of rotatable bonds is 7. The van der Waals surface area contributed by atoms with Crippen LogP contribution in [0.15, 0.2) is 57.7 Å². The monoisotopic (exact) mass is 498 g/mol. The lowest BCUT2D eigenvalue weighted by Gasteiger charge is -2.25. The van der Waals surface area contributed by atoms with Crippen LogP contribution in [0, 0.1) is 20.8 Å². The van der Waals surface area contributed by atoms with Crippen LogP contribution in [0.2, 0.25) is 0 Å². The maximum absolute atomic E-state index is 13.9. The summed E-state index contributed by atoms with van der Waals surface area (Å²) in [5.74, 6) is 1.22. The largest absolute Gasteiger partial charge is 0.493 e. The summed E-state index contributed by atoms with van der Waals surface area (Å²) in [6.07, 6.45) is 1.94. The fraction of sp³-hybridized carbons (Fsp3) is 0.300. The zero-order valence-corrected chi connectivity index (χ0v) is 21.8. The van der Waals surface area contributed by atoms with E-state index < -0.39 is 11.9 Å². The molecule has 0 aliphatic carbocycles. The van der Waals surface area contributed by atoms with Crippen LogP contribution >= 0.6 is 0 Å². The Labute approximate surface area is 215 Å². The van der Waals surface area contributed by atoms with Crippen molar-refractivity contribution in [3.63, 3.8) is 0 Å². The summed E-state index contributed by atoms with van der Waals surface area (Å²) in [6, 6.07) is 13.9. The summed E-state index contributed by atoms with van der Waals surface area (Å²) in [7, 11) is 1.58. The molecule has 0 N–H and O–H groups in total. The summed E-state index contributed by atoms with van der Waals surface area (Å²) in [5, 5.41) is 0.449. The third-order valence-corrected chi connectivity index (χ3v) is 6.87. The van der Waals surface area contributed by atoms with Gasteiger partial charge in [0.2, 0.25) is 5.76 Å². The van der Waals surface area contributed by atoms with Crippen molar-refractivity contribution in [3.8, 4) is 11.5 Å². The molecule has 0 bridgehead atoms. The van der Waals surface area contributed by atoms with Crippen LogP contribution in [0.4, 0.5) is 5.82 Å². The summed E-state index contributed by atoms with van der Waals surface area (Å²) >= 11 is 0. The van der Waals surface area contributed by atoms with E-state index in [0.29, 0.717) is 46.0 Å². The van der Waals surface area contributed by atoms with Crippen LogP contribution in [0.25, 0.3) is 11.0 Å². The number of aryl methyl sites for hydroxylation is 3. The number of unbranched alkanes of at least 4 members (excludes halogenated alkanes) is 1. The van der Waals surface area contributed by atoms with Crippen LogP contribution in [-0.2, 0) is 0 Å². The SMILES string of the molecule is CCCCOc1ccc(C2c3c(oc4cc(C)c(C)cc4c3=O)C(=O)N2c2cccc(C)n2)cc1OC. The number of pyridine rings is 1. The van der Waals surface area contributed by atoms with Gasteiger partial charge in [0, 0.05) is 5.69 Å². The molecule has 7 nitrogen and oxygen atoms in total. The fourth-order valence-electron chi connectivity index (χ4n) is 4.74. The van der Waals surface area contributed by atoms with Gasteiger partial charge in [-0.1, -0.05) is 25.5 Å². The topological polar surface area (TPSA) is 81.9 Å². The van der Waals surface area contributed by atoms with Crippen molar-refractivity contribution in [1.82, 2.24) is 4.98 Å². The molecule has 2 aromatic heterocycles. The molecule has 1 aliphatic rings. The van der Waals surface area contributed by atoms with Crippen molar-refractivity contribution >= 4 is 22.7 Å². The first-order valence-corrected chi connectivity index (χ1v) is 12.5. The molecule has 1 amide bonds. The smallest absolute Gasteiger partial charge is 0.296 e. The van der Waals surface area contributed by atoms with Gasteiger partial charge < -0.3 is 13.9 Å². The van der Waals surface area contributed by atoms with Gasteiger partial charge in [-0.05, 0) is 80.3 Å². The third-order valence-electron chi connectivity index (χ3n) is 6.87. The van der Waals surface area contributed by atoms with Gasteiger partial charge in [-0.15, -0.1) is 0 Å². The molecule has 0 saturated carbocycles. The van der Waals surface area contributed by atoms with E-state index >= 15 is 0 Å². The van der Waals surface area contributed by atoms with Gasteiger partial charge >= 0.3 is 0 Å². The first kappa shape index (κ1) is 24.6. The third kappa shape index (κ3) is 4.24. The second kappa shape index (κ2) is 9.73. The second-order valence-electron chi connectivity index (χ2n) is 9.43. The maximum Gasteiger partial charge on any atom is 0.296 e. The van der Waals surface area contributed by atoms with Crippen molar-refractivity contribution in [2.24, 2.45) is 0 Å². The molecule has 1 aliphatic heterocycles. The lowest BCUT2D eigenvalue weighted by Crippen LogP contribution is -2.30. The highest BCUT2D eigenvalue weighted by atomic mass is 16.5. The Morgan fingerprint density at radius 1 is 1.00 bits per heavy atom. The van der Waals surface area contributed by atoms with Crippen LogP contribution in [0.5, 0.6) is 11.5 Å². The highest BCUT2D eigenvalue weighted by Gasteiger charge is 2.44. The highest BCUT2D eigenvalue weighted by Crippen LogP contribution is 2.43. The summed E-state index contributed by atoms with van der Waals surface area (Å²) in [5.41, 5.74) is 3.89. The molecule has 0 saturated heterocycles. The lowest BCUT2D eigenvalue weighted by molar-refractivity contribution is 0.0970. The Hall–Kier alpha value is -4.13. The van der Waals surface area contributed by atoms with E-state index in [4.69, 9.17) is 13.9 Å². The van der Waals surface area contributed by atoms with E-state index in [1.165, 1.54) is 4.90 Å². The zero-order valence-electron chi connectivity index (χ0n) is 21.8. The lowest BCUT2D eigenvalue weighted by atomic mass is 9.97. The van der Waals surface area contributed by atoms with Gasteiger partial charge in [0.25, 0.3) is 5.91 Å². The predicted molar refractivity (Wildman–Crippen MR) is 143 cm³/mol. The number of carbonyl (C=O) groups is 1. The minimum Gasteiger partial charge on any atom is -0.493 e. The molecule has 37 heavy (non-hydrogen) atoms. The van der Waals surface area contributed by atoms with Crippen molar-refractivity contribution in [3.05, 3.63) is 92.5 Å². The Morgan fingerprint density at radius 3 is 2.51 bits per heavy atom. The van der Waals surface area contributed by atoms with Gasteiger partial charge in [0.05, 0.1) is 30.7 Å². The molecule has 7 heteroatoms. The number of ether oxygens (including phenoxy) is 2. The molecule has 0 spiro atoms. The fourth-order valence-corrected chi connectivity index (χ4v) is 4.74. The van der Waals surface area contributed by atoms with Crippen LogP contribution in [0.3, 0.4) is 0 Å². The number of benzene rings is 2. The van der Waals surface area contributed by atoms with E-state index in [1.807, 2.05) is 63.2 Å². The molecular formula is C30H30N2O5. The number of nitrogens with zero attached hydrogens (tertiary/aromatic N) is 2. The molecule has 0 fully saturated rings. The number of hydrogen-bond acceptors (Lipinski definition) is 6. The molecule has 1 atom stereocenters. The van der Waals surface area contributed by atoms with Crippen LogP contribution in [-0.4, -0.2) is 24.6 Å². The average Bonchev–Trinajstić information content (AvgIpc) is 3.18. The van der Waals surface area contributed by atoms with E-state index in [9.17, 15) is 9.59 Å². The number of hydrogen-bond donors (Lipinski definition) is 0. The Morgan fingerprint density at radius 2 is 1.78 bits per heavy atom. The number of anilines is 1. The second-order valence-corrected chi connectivity index (χ2v) is 9.43. The predicted octanol–water partition coefficient (Wildman–Crippen LogP) is 6.05. The number of amides is 1. The van der Waals surface area contributed by atoms with Gasteiger partial charge in [-0.3, -0.25) is 14.5 Å². The van der Waals surface area contributed by atoms with Gasteiger partial charge in [0.15, 0.2) is 16.9 Å². The summed E-state index contributed by atoms with van der Waals surface area (Å²) < 4.78 is 17.7. The highest BCUT2D eigenvalue weighted by molar-refractivity contribution is 6.10. The standard InChI is InChI=1S/C30H30N2O5/c1-6-7-13-36-22-12-11-20(16-24(22)35-5)27-26-28(33)21-14-17(2)18(3)15-23(21)37-29(26)30(34)32(27)25-10-8-9-19(4)31-25/h8-12,14-16,27H,6-7,13H2,1-5H3. The Kier molecular flexibility index (Phi) is 6.46. The molecule has 2 aromatic carbocycles. The Balaban J connectivity index is 1.73. The number of methoxy groups -OCH3 is 1. The van der Waals surface area contributed by atoms with E-state index in [2.05, 4.69) is 11.9 Å². The van der Waals surface area contributed by atoms with Crippen molar-refractivity contribution in [2.75, 3.05) is 18.6 Å². The maximum atomic E-state index is 13.9. The molecule has 190 valence electrons. The number of fused-ring (bicyclic) bond motifs is 2. The van der Waals surface area contributed by atoms with Gasteiger partial charge in [-0.25, -0.2) is 4.98 Å². The van der Waals surface area contributed by atoms with Crippen LogP contribution in [0.1, 0.15) is 64.3 Å². The molecule has 4 aromatic rings. The molecular weight excluding hydrogens is 468 g/mol.